The summed E-state index contributed by atoms with van der Waals surface area (Å²) >= 11 is 0. The minimum atomic E-state index is -1.39. The number of aliphatic hydroxyl groups excluding tert-OH is 1. The molecule has 0 radical (unpaired) electrons. The quantitative estimate of drug-likeness (QED) is 0.201. The van der Waals surface area contributed by atoms with Crippen LogP contribution in [0.2, 0.25) is 0 Å². The highest BCUT2D eigenvalue weighted by Gasteiger charge is 2.29. The molecule has 0 saturated carbocycles. The Kier molecular flexibility index (Phi) is 10.5. The van der Waals surface area contributed by atoms with Gasteiger partial charge in [-0.05, 0) is 24.3 Å². The molecular formula is C20H29N3O7. The van der Waals surface area contributed by atoms with Gasteiger partial charge in [-0.1, -0.05) is 44.2 Å². The summed E-state index contributed by atoms with van der Waals surface area (Å²) in [6.07, 6.45) is -0.00642. The van der Waals surface area contributed by atoms with Gasteiger partial charge in [0.05, 0.1) is 12.5 Å². The molecule has 0 heterocycles. The van der Waals surface area contributed by atoms with Crippen molar-refractivity contribution in [2.24, 2.45) is 11.8 Å². The predicted octanol–water partition coefficient (Wildman–Crippen LogP) is -0.167. The molecule has 1 aromatic rings. The summed E-state index contributed by atoms with van der Waals surface area (Å²) in [5.41, 5.74) is 2.23. The molecule has 0 aliphatic carbocycles. The third-order valence-electron chi connectivity index (χ3n) is 4.39. The maximum absolute atomic E-state index is 12.7. The number of hydroxylamine groups is 1. The molecule has 3 amide bonds. The Bertz CT molecular complexity index is 724. The Balaban J connectivity index is 2.87. The van der Waals surface area contributed by atoms with Gasteiger partial charge in [0.1, 0.15) is 12.1 Å². The number of benzene rings is 1. The average Bonchev–Trinajstić information content (AvgIpc) is 2.70. The third-order valence-corrected chi connectivity index (χ3v) is 4.39. The molecule has 0 aromatic heterocycles. The molecule has 0 saturated heterocycles. The normalized spacial score (nSPS) is 13.8. The Hall–Kier alpha value is -2.98. The summed E-state index contributed by atoms with van der Waals surface area (Å²) in [4.78, 5) is 48.0. The maximum Gasteiger partial charge on any atom is 0.326 e. The van der Waals surface area contributed by atoms with Gasteiger partial charge in [-0.15, -0.1) is 0 Å². The van der Waals surface area contributed by atoms with E-state index in [4.69, 9.17) is 5.21 Å². The second kappa shape index (κ2) is 12.6. The number of hydrogen-bond donors (Lipinski definition) is 6. The summed E-state index contributed by atoms with van der Waals surface area (Å²) in [7, 11) is 0. The number of hydrogen-bond acceptors (Lipinski definition) is 6. The van der Waals surface area contributed by atoms with Crippen molar-refractivity contribution in [3.8, 4) is 0 Å². The minimum absolute atomic E-state index is 0.000754. The van der Waals surface area contributed by atoms with Crippen LogP contribution in [0, 0.1) is 11.8 Å². The van der Waals surface area contributed by atoms with Crippen LogP contribution in [-0.2, 0) is 25.6 Å². The van der Waals surface area contributed by atoms with Crippen LogP contribution < -0.4 is 16.1 Å². The number of rotatable bonds is 12. The molecule has 6 N–H and O–H groups in total. The lowest BCUT2D eigenvalue weighted by Gasteiger charge is -2.23. The Labute approximate surface area is 174 Å². The van der Waals surface area contributed by atoms with E-state index in [0.29, 0.717) is 0 Å². The van der Waals surface area contributed by atoms with Crippen molar-refractivity contribution in [3.63, 3.8) is 0 Å². The molecule has 10 heteroatoms. The molecule has 0 unspecified atom stereocenters. The molecule has 1 aromatic carbocycles. The topological polar surface area (TPSA) is 165 Å². The molecule has 0 fully saturated rings. The highest BCUT2D eigenvalue weighted by molar-refractivity contribution is 5.92. The van der Waals surface area contributed by atoms with E-state index in [1.165, 1.54) is 5.48 Å². The van der Waals surface area contributed by atoms with Crippen LogP contribution in [0.15, 0.2) is 30.3 Å². The minimum Gasteiger partial charge on any atom is -0.480 e. The molecule has 0 bridgehead atoms. The smallest absolute Gasteiger partial charge is 0.326 e. The number of carboxylic acid groups (broad SMARTS) is 1. The number of aliphatic hydroxyl groups is 1. The van der Waals surface area contributed by atoms with Crippen molar-refractivity contribution in [1.29, 1.82) is 0 Å². The number of carboxylic acids is 1. The Morgan fingerprint density at radius 3 is 2.07 bits per heavy atom. The van der Waals surface area contributed by atoms with E-state index < -0.39 is 48.3 Å². The van der Waals surface area contributed by atoms with Crippen molar-refractivity contribution >= 4 is 23.7 Å². The summed E-state index contributed by atoms with van der Waals surface area (Å²) in [5.74, 6) is -4.45. The van der Waals surface area contributed by atoms with Gasteiger partial charge in [-0.2, -0.15) is 0 Å². The van der Waals surface area contributed by atoms with Crippen molar-refractivity contribution in [2.75, 3.05) is 6.61 Å². The van der Waals surface area contributed by atoms with E-state index in [1.807, 2.05) is 0 Å². The van der Waals surface area contributed by atoms with Crippen LogP contribution in [0.25, 0.3) is 0 Å². The van der Waals surface area contributed by atoms with Crippen molar-refractivity contribution in [2.45, 2.75) is 45.2 Å². The molecule has 0 spiro atoms. The van der Waals surface area contributed by atoms with E-state index in [1.54, 1.807) is 44.2 Å². The van der Waals surface area contributed by atoms with Gasteiger partial charge >= 0.3 is 5.97 Å². The number of carbonyl (C=O) groups is 4. The molecule has 0 aliphatic rings. The van der Waals surface area contributed by atoms with Gasteiger partial charge in [0.15, 0.2) is 0 Å². The van der Waals surface area contributed by atoms with Gasteiger partial charge in [0.2, 0.25) is 17.7 Å². The number of aliphatic carboxylic acids is 1. The van der Waals surface area contributed by atoms with Crippen LogP contribution in [0.4, 0.5) is 0 Å². The summed E-state index contributed by atoms with van der Waals surface area (Å²) in [6, 6.07) is 6.29. The molecule has 166 valence electrons. The van der Waals surface area contributed by atoms with Crippen LogP contribution >= 0.6 is 0 Å². The first-order valence-electron chi connectivity index (χ1n) is 9.59. The predicted molar refractivity (Wildman–Crippen MR) is 106 cm³/mol. The van der Waals surface area contributed by atoms with Crippen LogP contribution in [0.1, 0.15) is 32.3 Å². The zero-order valence-electron chi connectivity index (χ0n) is 17.0. The summed E-state index contributed by atoms with van der Waals surface area (Å²) in [5, 5.41) is 32.2. The summed E-state index contributed by atoms with van der Waals surface area (Å²) < 4.78 is 0. The van der Waals surface area contributed by atoms with E-state index in [9.17, 15) is 29.4 Å². The maximum atomic E-state index is 12.7. The Morgan fingerprint density at radius 2 is 1.57 bits per heavy atom. The first-order chi connectivity index (χ1) is 14.2. The lowest BCUT2D eigenvalue weighted by molar-refractivity contribution is -0.143. The first kappa shape index (κ1) is 25.1. The van der Waals surface area contributed by atoms with Crippen LogP contribution in [0.5, 0.6) is 0 Å². The molecule has 30 heavy (non-hydrogen) atoms. The third kappa shape index (κ3) is 8.58. The number of carbonyl (C=O) groups excluding carboxylic acids is 3. The van der Waals surface area contributed by atoms with Crippen molar-refractivity contribution < 1.29 is 34.6 Å². The monoisotopic (exact) mass is 423 g/mol. The molecule has 10 nitrogen and oxygen atoms in total. The van der Waals surface area contributed by atoms with Crippen molar-refractivity contribution in [1.82, 2.24) is 16.1 Å². The molecule has 0 aliphatic heterocycles. The molecule has 1 rings (SSSR count). The fourth-order valence-electron chi connectivity index (χ4n) is 2.87. The standard InChI is InChI=1S/C20H29N3O7/c1-12(2)8-15(20(28)29)21-19(27)16(11-24)22-18(26)14(10-17(25)23-30)9-13-6-4-3-5-7-13/h3-7,12,14-16,24,30H,8-11H2,1-2H3,(H,21,27)(H,22,26)(H,23,25)(H,28,29)/t14-,15-,16-/m0/s1. The fourth-order valence-corrected chi connectivity index (χ4v) is 2.87. The van der Waals surface area contributed by atoms with Crippen LogP contribution in [-0.4, -0.2) is 57.8 Å². The lowest BCUT2D eigenvalue weighted by atomic mass is 9.94. The van der Waals surface area contributed by atoms with E-state index in [-0.39, 0.29) is 25.2 Å². The average molecular weight is 423 g/mol. The summed E-state index contributed by atoms with van der Waals surface area (Å²) in [6.45, 7) is 2.84. The molecular weight excluding hydrogens is 394 g/mol. The fraction of sp³-hybridized carbons (Fsp3) is 0.500. The zero-order valence-corrected chi connectivity index (χ0v) is 17.0. The number of amides is 3. The van der Waals surface area contributed by atoms with E-state index >= 15 is 0 Å². The van der Waals surface area contributed by atoms with Gasteiger partial charge in [0.25, 0.3) is 0 Å². The van der Waals surface area contributed by atoms with Gasteiger partial charge in [-0.3, -0.25) is 19.6 Å². The second-order valence-electron chi connectivity index (χ2n) is 7.40. The van der Waals surface area contributed by atoms with E-state index in [0.717, 1.165) is 5.56 Å². The highest BCUT2D eigenvalue weighted by atomic mass is 16.5. The Morgan fingerprint density at radius 1 is 0.967 bits per heavy atom. The lowest BCUT2D eigenvalue weighted by Crippen LogP contribution is -2.54. The van der Waals surface area contributed by atoms with Crippen LogP contribution in [0.3, 0.4) is 0 Å². The van der Waals surface area contributed by atoms with Crippen molar-refractivity contribution in [3.05, 3.63) is 35.9 Å². The highest BCUT2D eigenvalue weighted by Crippen LogP contribution is 2.13. The van der Waals surface area contributed by atoms with Gasteiger partial charge in [0, 0.05) is 6.42 Å². The zero-order chi connectivity index (χ0) is 22.7. The molecule has 3 atom stereocenters. The second-order valence-corrected chi connectivity index (χ2v) is 7.40. The first-order valence-corrected chi connectivity index (χ1v) is 9.59. The van der Waals surface area contributed by atoms with E-state index in [2.05, 4.69) is 10.6 Å². The van der Waals surface area contributed by atoms with Gasteiger partial charge in [-0.25, -0.2) is 10.3 Å². The number of nitrogens with one attached hydrogen (secondary N) is 3. The SMILES string of the molecule is CC(C)C[C@H](NC(=O)[C@H](CO)NC(=O)[C@H](CC(=O)NO)Cc1ccccc1)C(=O)O. The van der Waals surface area contributed by atoms with Gasteiger partial charge < -0.3 is 20.8 Å². The largest absolute Gasteiger partial charge is 0.480 e.